The summed E-state index contributed by atoms with van der Waals surface area (Å²) in [6.45, 7) is 20.2. The third kappa shape index (κ3) is 5.72. The van der Waals surface area contributed by atoms with Crippen LogP contribution in [-0.4, -0.2) is 69.5 Å². The van der Waals surface area contributed by atoms with Crippen molar-refractivity contribution in [3.8, 4) is 0 Å². The maximum atomic E-state index is 13.8. The van der Waals surface area contributed by atoms with Crippen molar-refractivity contribution >= 4 is 15.6 Å². The highest BCUT2D eigenvalue weighted by Crippen LogP contribution is 2.75. The molecule has 0 aromatic rings. The summed E-state index contributed by atoms with van der Waals surface area (Å²) >= 11 is 0. The lowest BCUT2D eigenvalue weighted by atomic mass is 9.33. The van der Waals surface area contributed by atoms with E-state index < -0.39 is 9.84 Å². The Morgan fingerprint density at radius 2 is 1.71 bits per heavy atom. The first-order valence-corrected chi connectivity index (χ1v) is 21.8. The van der Waals surface area contributed by atoms with Gasteiger partial charge in [-0.2, -0.15) is 0 Å². The number of sulfone groups is 1. The molecule has 3 unspecified atom stereocenters. The number of ketones is 1. The standard InChI is InChI=1S/C42H65FN2O3S/c1-27(2)37-34(46)24-30-33(44-18-19-45-20-22-49(47,48)23-21-45)25-42(7)32(38(30)37)12-13-36-40(5)16-14-31(29-10-8-28(26-43)9-11-29)39(3,4)35(40)15-17-41(36,42)6/h10,14,27-28,30,32-33,35-36,44H,8-9,11-13,15-26H2,1-7H3/t28-,30?,32+,33-,35?,36?,40-,41+,42+/m0/s1. The van der Waals surface area contributed by atoms with Crippen LogP contribution in [0.3, 0.4) is 0 Å². The van der Waals surface area contributed by atoms with E-state index in [-0.39, 0.29) is 63.6 Å². The van der Waals surface area contributed by atoms with E-state index >= 15 is 0 Å². The van der Waals surface area contributed by atoms with Crippen LogP contribution in [0.25, 0.3) is 0 Å². The highest BCUT2D eigenvalue weighted by Gasteiger charge is 2.68. The van der Waals surface area contributed by atoms with Gasteiger partial charge in [0.05, 0.1) is 18.2 Å². The van der Waals surface area contributed by atoms with E-state index in [1.54, 1.807) is 5.57 Å². The molecule has 1 N–H and O–H groups in total. The number of nitrogens with zero attached hydrogens (tertiary/aromatic N) is 1. The van der Waals surface area contributed by atoms with Crippen LogP contribution in [-0.2, 0) is 14.6 Å². The molecule has 1 saturated heterocycles. The molecule has 0 radical (unpaired) electrons. The second-order valence-electron chi connectivity index (χ2n) is 19.2. The molecular weight excluding hydrogens is 632 g/mol. The highest BCUT2D eigenvalue weighted by molar-refractivity contribution is 7.91. The summed E-state index contributed by atoms with van der Waals surface area (Å²) < 4.78 is 37.5. The Labute approximate surface area is 297 Å². The Balaban J connectivity index is 1.19. The average molecular weight is 697 g/mol. The molecule has 3 saturated carbocycles. The monoisotopic (exact) mass is 696 g/mol. The van der Waals surface area contributed by atoms with Crippen LogP contribution >= 0.6 is 0 Å². The predicted molar refractivity (Wildman–Crippen MR) is 198 cm³/mol. The van der Waals surface area contributed by atoms with Gasteiger partial charge in [-0.05, 0) is 126 Å². The Morgan fingerprint density at radius 1 is 0.980 bits per heavy atom. The molecule has 0 aromatic carbocycles. The molecule has 9 atom stereocenters. The van der Waals surface area contributed by atoms with E-state index in [0.29, 0.717) is 43.0 Å². The molecule has 1 heterocycles. The number of halogens is 1. The van der Waals surface area contributed by atoms with E-state index in [4.69, 9.17) is 0 Å². The minimum atomic E-state index is -2.89. The third-order valence-electron chi connectivity index (χ3n) is 16.3. The fourth-order valence-corrected chi connectivity index (χ4v) is 14.9. The molecule has 7 aliphatic rings. The normalized spacial score (nSPS) is 43.3. The molecule has 49 heavy (non-hydrogen) atoms. The lowest BCUT2D eigenvalue weighted by molar-refractivity contribution is -0.197. The lowest BCUT2D eigenvalue weighted by Crippen LogP contribution is -2.65. The topological polar surface area (TPSA) is 66.5 Å². The molecule has 6 aliphatic carbocycles. The summed E-state index contributed by atoms with van der Waals surface area (Å²) in [6, 6.07) is 0.270. The first kappa shape index (κ1) is 36.1. The molecule has 7 rings (SSSR count). The maximum Gasteiger partial charge on any atom is 0.159 e. The summed E-state index contributed by atoms with van der Waals surface area (Å²) in [5.74, 6) is 3.37. The zero-order chi connectivity index (χ0) is 35.1. The third-order valence-corrected chi connectivity index (χ3v) is 17.9. The Bertz CT molecular complexity index is 1530. The number of alkyl halides is 1. The Kier molecular flexibility index (Phi) is 9.33. The van der Waals surface area contributed by atoms with Crippen molar-refractivity contribution in [2.45, 2.75) is 119 Å². The Hall–Kier alpha value is -1.31. The summed E-state index contributed by atoms with van der Waals surface area (Å²) in [5.41, 5.74) is 6.32. The van der Waals surface area contributed by atoms with E-state index in [0.717, 1.165) is 50.8 Å². The van der Waals surface area contributed by atoms with Gasteiger partial charge in [0.15, 0.2) is 15.6 Å². The predicted octanol–water partition coefficient (Wildman–Crippen LogP) is 8.13. The summed E-state index contributed by atoms with van der Waals surface area (Å²) in [5, 5.41) is 4.02. The summed E-state index contributed by atoms with van der Waals surface area (Å²) in [6.07, 6.45) is 15.7. The van der Waals surface area contributed by atoms with E-state index in [2.05, 4.69) is 70.8 Å². The van der Waals surface area contributed by atoms with Crippen LogP contribution in [0.4, 0.5) is 4.39 Å². The molecular formula is C42H65FN2O3S. The van der Waals surface area contributed by atoms with Gasteiger partial charge in [-0.3, -0.25) is 9.18 Å². The van der Waals surface area contributed by atoms with Gasteiger partial charge in [-0.25, -0.2) is 8.42 Å². The van der Waals surface area contributed by atoms with Crippen LogP contribution < -0.4 is 5.32 Å². The molecule has 0 spiro atoms. The molecule has 0 aromatic heterocycles. The zero-order valence-electron chi connectivity index (χ0n) is 31.7. The van der Waals surface area contributed by atoms with Crippen molar-refractivity contribution in [3.05, 3.63) is 34.4 Å². The number of Topliss-reactive ketones (excluding diaryl/α,β-unsaturated/α-hetero) is 1. The average Bonchev–Trinajstić information content (AvgIpc) is 3.39. The van der Waals surface area contributed by atoms with Gasteiger partial charge in [-0.15, -0.1) is 0 Å². The first-order valence-electron chi connectivity index (χ1n) is 19.9. The Morgan fingerprint density at radius 3 is 2.37 bits per heavy atom. The van der Waals surface area contributed by atoms with E-state index in [1.165, 1.54) is 36.8 Å². The molecule has 1 aliphatic heterocycles. The molecule has 0 bridgehead atoms. The smallest absolute Gasteiger partial charge is 0.159 e. The number of carbonyl (C=O) groups is 1. The van der Waals surface area contributed by atoms with Crippen molar-refractivity contribution in [1.82, 2.24) is 10.2 Å². The van der Waals surface area contributed by atoms with Gasteiger partial charge in [-0.1, -0.05) is 66.2 Å². The first-order chi connectivity index (χ1) is 23.1. The largest absolute Gasteiger partial charge is 0.312 e. The second-order valence-corrected chi connectivity index (χ2v) is 21.5. The minimum absolute atomic E-state index is 0.0960. The number of hydrogen-bond donors (Lipinski definition) is 1. The number of carbonyl (C=O) groups excluding carboxylic acids is 1. The summed E-state index contributed by atoms with van der Waals surface area (Å²) in [7, 11) is -2.89. The fourth-order valence-electron chi connectivity index (χ4n) is 13.7. The van der Waals surface area contributed by atoms with Gasteiger partial charge in [0.25, 0.3) is 0 Å². The van der Waals surface area contributed by atoms with Gasteiger partial charge in [0, 0.05) is 44.6 Å². The van der Waals surface area contributed by atoms with Crippen LogP contribution in [0.15, 0.2) is 34.4 Å². The molecule has 5 nitrogen and oxygen atoms in total. The number of fused-ring (bicyclic) bond motifs is 7. The SMILES string of the molecule is CC(C)C1=C2C(CC1=O)[C@@H](NCCN1CCS(=O)(=O)CC1)C[C@]1(C)[C@@H]2CCC2[C@@]3(C)CC=C(C4=CC[C@H](CF)CC4)C(C)(C)C3CC[C@]21C. The van der Waals surface area contributed by atoms with Crippen molar-refractivity contribution in [2.24, 2.45) is 57.2 Å². The molecule has 274 valence electrons. The van der Waals surface area contributed by atoms with Crippen molar-refractivity contribution < 1.29 is 17.6 Å². The van der Waals surface area contributed by atoms with Gasteiger partial charge >= 0.3 is 0 Å². The van der Waals surface area contributed by atoms with E-state index in [1.807, 2.05) is 0 Å². The zero-order valence-corrected chi connectivity index (χ0v) is 32.5. The number of rotatable bonds is 7. The van der Waals surface area contributed by atoms with Gasteiger partial charge in [0.2, 0.25) is 0 Å². The van der Waals surface area contributed by atoms with Gasteiger partial charge in [0.1, 0.15) is 0 Å². The highest BCUT2D eigenvalue weighted by atomic mass is 32.2. The van der Waals surface area contributed by atoms with Crippen LogP contribution in [0.2, 0.25) is 0 Å². The second kappa shape index (κ2) is 12.7. The van der Waals surface area contributed by atoms with E-state index in [9.17, 15) is 17.6 Å². The van der Waals surface area contributed by atoms with Crippen molar-refractivity contribution in [1.29, 1.82) is 0 Å². The van der Waals surface area contributed by atoms with Crippen LogP contribution in [0.1, 0.15) is 113 Å². The van der Waals surface area contributed by atoms with Crippen LogP contribution in [0, 0.1) is 57.2 Å². The minimum Gasteiger partial charge on any atom is -0.312 e. The van der Waals surface area contributed by atoms with Gasteiger partial charge < -0.3 is 10.2 Å². The number of nitrogens with one attached hydrogen (secondary N) is 1. The molecule has 7 heteroatoms. The van der Waals surface area contributed by atoms with Crippen molar-refractivity contribution in [3.63, 3.8) is 0 Å². The number of hydrogen-bond acceptors (Lipinski definition) is 5. The lowest BCUT2D eigenvalue weighted by Gasteiger charge is -2.71. The van der Waals surface area contributed by atoms with Crippen LogP contribution in [0.5, 0.6) is 0 Å². The number of allylic oxidation sites excluding steroid dienone is 5. The molecule has 4 fully saturated rings. The fraction of sp³-hybridized carbons (Fsp3) is 0.833. The van der Waals surface area contributed by atoms with Crippen molar-refractivity contribution in [2.75, 3.05) is 44.4 Å². The maximum absolute atomic E-state index is 13.8. The quantitative estimate of drug-likeness (QED) is 0.291. The summed E-state index contributed by atoms with van der Waals surface area (Å²) in [4.78, 5) is 16.1. The molecule has 0 amide bonds.